The highest BCUT2D eigenvalue weighted by molar-refractivity contribution is 6.10. The zero-order valence-electron chi connectivity index (χ0n) is 14.8. The second-order valence-corrected chi connectivity index (χ2v) is 6.54. The summed E-state index contributed by atoms with van der Waals surface area (Å²) in [5.74, 6) is 0.464. The summed E-state index contributed by atoms with van der Waals surface area (Å²) in [5, 5.41) is 13.9. The summed E-state index contributed by atoms with van der Waals surface area (Å²) >= 11 is 0. The molecule has 134 valence electrons. The molecule has 0 bridgehead atoms. The Morgan fingerprint density at radius 3 is 2.21 bits per heavy atom. The van der Waals surface area contributed by atoms with Crippen molar-refractivity contribution in [3.63, 3.8) is 0 Å². The van der Waals surface area contributed by atoms with Crippen LogP contribution >= 0.6 is 0 Å². The van der Waals surface area contributed by atoms with Crippen molar-refractivity contribution in [3.05, 3.63) is 95.5 Å². The lowest BCUT2D eigenvalue weighted by Gasteiger charge is -2.15. The molecule has 5 rings (SSSR count). The van der Waals surface area contributed by atoms with Gasteiger partial charge in [-0.25, -0.2) is 4.79 Å². The molecule has 0 saturated heterocycles. The van der Waals surface area contributed by atoms with Gasteiger partial charge in [-0.05, 0) is 35.0 Å². The molecule has 0 aliphatic rings. The summed E-state index contributed by atoms with van der Waals surface area (Å²) in [4.78, 5) is 17.0. The van der Waals surface area contributed by atoms with Gasteiger partial charge in [0.2, 0.25) is 0 Å². The van der Waals surface area contributed by atoms with Crippen LogP contribution in [-0.2, 0) is 0 Å². The second-order valence-electron chi connectivity index (χ2n) is 6.54. The average molecular weight is 365 g/mol. The van der Waals surface area contributed by atoms with E-state index in [-0.39, 0.29) is 5.75 Å². The Morgan fingerprint density at radius 2 is 1.43 bits per heavy atom. The number of fused-ring (bicyclic) bond motifs is 2. The molecule has 0 amide bonds. The fraction of sp³-hybridized carbons (Fsp3) is 0. The summed E-state index contributed by atoms with van der Waals surface area (Å²) in [5.41, 5.74) is 1.38. The van der Waals surface area contributed by atoms with Gasteiger partial charge >= 0.3 is 5.63 Å². The maximum absolute atomic E-state index is 12.6. The van der Waals surface area contributed by atoms with E-state index in [0.29, 0.717) is 33.4 Å². The molecule has 0 saturated carbocycles. The summed E-state index contributed by atoms with van der Waals surface area (Å²) < 4.78 is 5.74. The van der Waals surface area contributed by atoms with Gasteiger partial charge in [-0.1, -0.05) is 54.6 Å². The first-order chi connectivity index (χ1) is 13.7. The van der Waals surface area contributed by atoms with Gasteiger partial charge in [0, 0.05) is 22.7 Å². The van der Waals surface area contributed by atoms with Gasteiger partial charge in [0.15, 0.2) is 5.76 Å². The van der Waals surface area contributed by atoms with E-state index in [1.165, 1.54) is 0 Å². The number of aromatic hydroxyl groups is 1. The number of benzene rings is 3. The lowest BCUT2D eigenvalue weighted by Crippen LogP contribution is -2.03. The maximum atomic E-state index is 12.6. The monoisotopic (exact) mass is 365 g/mol. The van der Waals surface area contributed by atoms with Gasteiger partial charge in [0.25, 0.3) is 0 Å². The Hall–Kier alpha value is -3.92. The van der Waals surface area contributed by atoms with Crippen molar-refractivity contribution in [1.29, 1.82) is 0 Å². The van der Waals surface area contributed by atoms with Crippen molar-refractivity contribution in [1.82, 2.24) is 4.98 Å². The fourth-order valence-electron chi connectivity index (χ4n) is 3.65. The second kappa shape index (κ2) is 6.35. The van der Waals surface area contributed by atoms with Crippen molar-refractivity contribution < 1.29 is 9.52 Å². The van der Waals surface area contributed by atoms with Crippen molar-refractivity contribution >= 4 is 21.5 Å². The topological polar surface area (TPSA) is 63.3 Å². The molecule has 2 aromatic heterocycles. The van der Waals surface area contributed by atoms with Crippen LogP contribution in [-0.4, -0.2) is 10.1 Å². The molecule has 0 spiro atoms. The van der Waals surface area contributed by atoms with E-state index < -0.39 is 5.63 Å². The fourth-order valence-corrected chi connectivity index (χ4v) is 3.65. The minimum atomic E-state index is -0.431. The van der Waals surface area contributed by atoms with E-state index >= 15 is 0 Å². The number of hydrogen-bond donors (Lipinski definition) is 1. The number of nitrogens with zero attached hydrogens (tertiary/aromatic N) is 1. The first-order valence-electron chi connectivity index (χ1n) is 8.92. The zero-order valence-corrected chi connectivity index (χ0v) is 14.8. The third kappa shape index (κ3) is 2.47. The van der Waals surface area contributed by atoms with Crippen LogP contribution in [0.1, 0.15) is 0 Å². The zero-order chi connectivity index (χ0) is 19.1. The summed E-state index contributed by atoms with van der Waals surface area (Å²) in [6, 6.07) is 24.0. The van der Waals surface area contributed by atoms with Gasteiger partial charge in [0.05, 0.1) is 5.39 Å². The Balaban J connectivity index is 2.02. The first-order valence-corrected chi connectivity index (χ1v) is 8.92. The molecule has 28 heavy (non-hydrogen) atoms. The van der Waals surface area contributed by atoms with Crippen LogP contribution in [0, 0.1) is 0 Å². The number of aromatic nitrogens is 1. The standard InChI is InChI=1S/C24H15NO3/c26-20-13-12-15-7-1-2-8-16(15)21(20)22-17-9-3-4-10-18(17)24(27)28-23(22)19-11-5-6-14-25-19/h1-14,26H. The predicted molar refractivity (Wildman–Crippen MR) is 110 cm³/mol. The quantitative estimate of drug-likeness (QED) is 0.456. The van der Waals surface area contributed by atoms with E-state index in [2.05, 4.69) is 4.98 Å². The van der Waals surface area contributed by atoms with Gasteiger partial charge in [-0.15, -0.1) is 0 Å². The van der Waals surface area contributed by atoms with Crippen molar-refractivity contribution in [2.75, 3.05) is 0 Å². The Labute approximate surface area is 160 Å². The molecule has 1 N–H and O–H groups in total. The molecule has 0 atom stereocenters. The van der Waals surface area contributed by atoms with Crippen LogP contribution in [0.3, 0.4) is 0 Å². The van der Waals surface area contributed by atoms with Crippen molar-refractivity contribution in [2.45, 2.75) is 0 Å². The lowest BCUT2D eigenvalue weighted by atomic mass is 9.92. The number of hydrogen-bond acceptors (Lipinski definition) is 4. The number of pyridine rings is 1. The van der Waals surface area contributed by atoms with E-state index in [0.717, 1.165) is 10.8 Å². The molecular weight excluding hydrogens is 350 g/mol. The summed E-state index contributed by atoms with van der Waals surface area (Å²) in [7, 11) is 0. The van der Waals surface area contributed by atoms with Crippen molar-refractivity contribution in [3.8, 4) is 28.3 Å². The molecule has 0 aliphatic carbocycles. The number of phenolic OH excluding ortho intramolecular Hbond substituents is 1. The molecule has 4 heteroatoms. The van der Waals surface area contributed by atoms with E-state index in [1.807, 2.05) is 48.5 Å². The highest BCUT2D eigenvalue weighted by atomic mass is 16.4. The normalized spacial score (nSPS) is 11.1. The first kappa shape index (κ1) is 16.3. The molecule has 3 aromatic carbocycles. The average Bonchev–Trinajstić information content (AvgIpc) is 2.75. The largest absolute Gasteiger partial charge is 0.507 e. The van der Waals surface area contributed by atoms with Crippen LogP contribution in [0.2, 0.25) is 0 Å². The molecule has 2 heterocycles. The van der Waals surface area contributed by atoms with E-state index in [1.54, 1.807) is 36.5 Å². The molecule has 0 aliphatic heterocycles. The molecular formula is C24H15NO3. The summed E-state index contributed by atoms with van der Waals surface area (Å²) in [6.45, 7) is 0. The van der Waals surface area contributed by atoms with Crippen LogP contribution in [0.15, 0.2) is 94.3 Å². The third-order valence-electron chi connectivity index (χ3n) is 4.89. The maximum Gasteiger partial charge on any atom is 0.344 e. The number of phenols is 1. The van der Waals surface area contributed by atoms with Crippen LogP contribution < -0.4 is 5.63 Å². The molecule has 4 nitrogen and oxygen atoms in total. The molecule has 0 radical (unpaired) electrons. The molecule has 0 fully saturated rings. The van der Waals surface area contributed by atoms with Crippen LogP contribution in [0.4, 0.5) is 0 Å². The SMILES string of the molecule is O=c1oc(-c2ccccn2)c(-c2c(O)ccc3ccccc23)c2ccccc12. The Morgan fingerprint density at radius 1 is 0.714 bits per heavy atom. The van der Waals surface area contributed by atoms with Crippen LogP contribution in [0.5, 0.6) is 5.75 Å². The lowest BCUT2D eigenvalue weighted by molar-refractivity contribution is 0.477. The number of rotatable bonds is 2. The predicted octanol–water partition coefficient (Wildman–Crippen LogP) is 5.38. The minimum absolute atomic E-state index is 0.120. The molecule has 0 unspecified atom stereocenters. The van der Waals surface area contributed by atoms with Gasteiger partial charge in [-0.3, -0.25) is 4.98 Å². The molecule has 5 aromatic rings. The van der Waals surface area contributed by atoms with Crippen LogP contribution in [0.25, 0.3) is 44.1 Å². The van der Waals surface area contributed by atoms with Gasteiger partial charge in [0.1, 0.15) is 11.4 Å². The smallest absolute Gasteiger partial charge is 0.344 e. The van der Waals surface area contributed by atoms with Gasteiger partial charge in [-0.2, -0.15) is 0 Å². The highest BCUT2D eigenvalue weighted by Crippen LogP contribution is 2.43. The summed E-state index contributed by atoms with van der Waals surface area (Å²) in [6.07, 6.45) is 1.65. The van der Waals surface area contributed by atoms with Gasteiger partial charge < -0.3 is 9.52 Å². The highest BCUT2D eigenvalue weighted by Gasteiger charge is 2.21. The Kier molecular flexibility index (Phi) is 3.69. The third-order valence-corrected chi connectivity index (χ3v) is 4.89. The van der Waals surface area contributed by atoms with E-state index in [9.17, 15) is 9.90 Å². The van der Waals surface area contributed by atoms with E-state index in [4.69, 9.17) is 4.42 Å². The minimum Gasteiger partial charge on any atom is -0.507 e. The Bertz CT molecular complexity index is 1390. The van der Waals surface area contributed by atoms with Crippen molar-refractivity contribution in [2.24, 2.45) is 0 Å².